The molecule has 1 fully saturated rings. The third-order valence-electron chi connectivity index (χ3n) is 3.70. The Bertz CT molecular complexity index is 326. The predicted octanol–water partition coefficient (Wildman–Crippen LogP) is 1.72. The van der Waals surface area contributed by atoms with Gasteiger partial charge in [-0.15, -0.1) is 10.2 Å². The van der Waals surface area contributed by atoms with Crippen molar-refractivity contribution >= 4 is 0 Å². The quantitative estimate of drug-likeness (QED) is 0.843. The van der Waals surface area contributed by atoms with Crippen molar-refractivity contribution in [1.82, 2.24) is 20.1 Å². The highest BCUT2D eigenvalue weighted by Gasteiger charge is 2.36. The van der Waals surface area contributed by atoms with Crippen molar-refractivity contribution in [3.8, 4) is 0 Å². The van der Waals surface area contributed by atoms with Gasteiger partial charge in [-0.2, -0.15) is 0 Å². The number of rotatable bonds is 4. The Labute approximate surface area is 97.5 Å². The number of hydrogen-bond acceptors (Lipinski definition) is 3. The van der Waals surface area contributed by atoms with Gasteiger partial charge in [-0.1, -0.05) is 13.8 Å². The number of hydrogen-bond donors (Lipinski definition) is 1. The monoisotopic (exact) mass is 222 g/mol. The molecule has 1 aromatic rings. The average Bonchev–Trinajstić information content (AvgIpc) is 2.79. The van der Waals surface area contributed by atoms with Crippen molar-refractivity contribution in [3.63, 3.8) is 0 Å². The van der Waals surface area contributed by atoms with E-state index >= 15 is 0 Å². The molecule has 0 aliphatic carbocycles. The number of nitrogens with zero attached hydrogens (tertiary/aromatic N) is 3. The summed E-state index contributed by atoms with van der Waals surface area (Å²) in [6.07, 6.45) is 6.64. The summed E-state index contributed by atoms with van der Waals surface area (Å²) in [5.74, 6) is 1.18. The number of aryl methyl sites for hydroxylation is 1. The summed E-state index contributed by atoms with van der Waals surface area (Å²) in [6, 6.07) is 0. The van der Waals surface area contributed by atoms with E-state index in [-0.39, 0.29) is 5.41 Å². The van der Waals surface area contributed by atoms with Crippen molar-refractivity contribution in [1.29, 1.82) is 0 Å². The van der Waals surface area contributed by atoms with Crippen LogP contribution < -0.4 is 5.32 Å². The zero-order chi connectivity index (χ0) is 11.4. The third kappa shape index (κ3) is 1.98. The first-order valence-electron chi connectivity index (χ1n) is 6.41. The van der Waals surface area contributed by atoms with Gasteiger partial charge >= 0.3 is 0 Å². The zero-order valence-corrected chi connectivity index (χ0v) is 10.4. The van der Waals surface area contributed by atoms with Crippen LogP contribution >= 0.6 is 0 Å². The molecule has 2 rings (SSSR count). The van der Waals surface area contributed by atoms with Crippen molar-refractivity contribution in [3.05, 3.63) is 12.2 Å². The molecule has 0 spiro atoms. The minimum absolute atomic E-state index is 0.212. The number of nitrogens with one attached hydrogen (secondary N) is 1. The fourth-order valence-corrected chi connectivity index (χ4v) is 2.69. The van der Waals surface area contributed by atoms with E-state index in [0.29, 0.717) is 0 Å². The van der Waals surface area contributed by atoms with Gasteiger partial charge in [0, 0.05) is 18.5 Å². The normalized spacial score (nSPS) is 25.9. The summed E-state index contributed by atoms with van der Waals surface area (Å²) < 4.78 is 2.23. The smallest absolute Gasteiger partial charge is 0.140 e. The summed E-state index contributed by atoms with van der Waals surface area (Å²) in [5, 5.41) is 12.0. The zero-order valence-electron chi connectivity index (χ0n) is 10.4. The van der Waals surface area contributed by atoms with Gasteiger partial charge in [0.1, 0.15) is 12.2 Å². The summed E-state index contributed by atoms with van der Waals surface area (Å²) in [7, 11) is 0. The molecule has 0 aromatic carbocycles. The summed E-state index contributed by atoms with van der Waals surface area (Å²) in [6.45, 7) is 7.68. The Morgan fingerprint density at radius 1 is 1.50 bits per heavy atom. The summed E-state index contributed by atoms with van der Waals surface area (Å²) >= 11 is 0. The van der Waals surface area contributed by atoms with Gasteiger partial charge in [0.15, 0.2) is 0 Å². The lowest BCUT2D eigenvalue weighted by Crippen LogP contribution is -2.44. The van der Waals surface area contributed by atoms with Crippen LogP contribution in [-0.2, 0) is 12.0 Å². The molecule has 16 heavy (non-hydrogen) atoms. The Kier molecular flexibility index (Phi) is 3.59. The molecule has 90 valence electrons. The molecule has 4 nitrogen and oxygen atoms in total. The van der Waals surface area contributed by atoms with Crippen LogP contribution in [0.4, 0.5) is 0 Å². The van der Waals surface area contributed by atoms with Gasteiger partial charge in [-0.3, -0.25) is 0 Å². The predicted molar refractivity (Wildman–Crippen MR) is 64.4 cm³/mol. The maximum Gasteiger partial charge on any atom is 0.140 e. The number of piperidine rings is 1. The first-order valence-corrected chi connectivity index (χ1v) is 6.41. The molecule has 0 saturated carbocycles. The van der Waals surface area contributed by atoms with Crippen molar-refractivity contribution in [2.24, 2.45) is 0 Å². The van der Waals surface area contributed by atoms with E-state index in [1.54, 1.807) is 0 Å². The van der Waals surface area contributed by atoms with Crippen LogP contribution in [0, 0.1) is 0 Å². The lowest BCUT2D eigenvalue weighted by molar-refractivity contribution is 0.277. The lowest BCUT2D eigenvalue weighted by Gasteiger charge is -2.36. The van der Waals surface area contributed by atoms with Crippen molar-refractivity contribution in [2.45, 2.75) is 51.5 Å². The third-order valence-corrected chi connectivity index (χ3v) is 3.70. The molecule has 1 aromatic heterocycles. The molecule has 0 bridgehead atoms. The molecule has 1 atom stereocenters. The SMILES string of the molecule is CCCn1cnnc1C1(CC)CCCNC1. The van der Waals surface area contributed by atoms with Gasteiger partial charge in [-0.25, -0.2) is 0 Å². The molecule has 1 N–H and O–H groups in total. The molecular weight excluding hydrogens is 200 g/mol. The van der Waals surface area contributed by atoms with Gasteiger partial charge in [-0.05, 0) is 32.2 Å². The second-order valence-electron chi connectivity index (χ2n) is 4.76. The molecule has 2 heterocycles. The highest BCUT2D eigenvalue weighted by molar-refractivity contribution is 5.10. The van der Waals surface area contributed by atoms with Gasteiger partial charge < -0.3 is 9.88 Å². The van der Waals surface area contributed by atoms with E-state index in [4.69, 9.17) is 0 Å². The number of aromatic nitrogens is 3. The fraction of sp³-hybridized carbons (Fsp3) is 0.833. The summed E-state index contributed by atoms with van der Waals surface area (Å²) in [4.78, 5) is 0. The molecule has 1 aliphatic heterocycles. The van der Waals surface area contributed by atoms with Crippen molar-refractivity contribution < 1.29 is 0 Å². The van der Waals surface area contributed by atoms with Crippen LogP contribution in [0.3, 0.4) is 0 Å². The molecule has 1 aliphatic rings. The van der Waals surface area contributed by atoms with Crippen LogP contribution in [-0.4, -0.2) is 27.9 Å². The van der Waals surface area contributed by atoms with E-state index in [1.165, 1.54) is 18.7 Å². The Balaban J connectivity index is 2.27. The van der Waals surface area contributed by atoms with Gasteiger partial charge in [0.25, 0.3) is 0 Å². The fourth-order valence-electron chi connectivity index (χ4n) is 2.69. The topological polar surface area (TPSA) is 42.7 Å². The lowest BCUT2D eigenvalue weighted by atomic mass is 9.77. The molecule has 1 unspecified atom stereocenters. The van der Waals surface area contributed by atoms with Crippen LogP contribution in [0.1, 0.15) is 45.4 Å². The second kappa shape index (κ2) is 4.95. The second-order valence-corrected chi connectivity index (χ2v) is 4.76. The first-order chi connectivity index (χ1) is 7.82. The minimum atomic E-state index is 0.212. The maximum atomic E-state index is 4.37. The van der Waals surface area contributed by atoms with E-state index in [1.807, 2.05) is 6.33 Å². The van der Waals surface area contributed by atoms with E-state index in [0.717, 1.165) is 32.5 Å². The highest BCUT2D eigenvalue weighted by atomic mass is 15.3. The first kappa shape index (κ1) is 11.6. The van der Waals surface area contributed by atoms with E-state index < -0.39 is 0 Å². The van der Waals surface area contributed by atoms with E-state index in [2.05, 4.69) is 33.9 Å². The molecule has 4 heteroatoms. The molecular formula is C12H22N4. The Morgan fingerprint density at radius 3 is 3.00 bits per heavy atom. The van der Waals surface area contributed by atoms with Crippen molar-refractivity contribution in [2.75, 3.05) is 13.1 Å². The Morgan fingerprint density at radius 2 is 2.38 bits per heavy atom. The Hall–Kier alpha value is -0.900. The largest absolute Gasteiger partial charge is 0.317 e. The average molecular weight is 222 g/mol. The standard InChI is InChI=1S/C12H22N4/c1-3-8-16-10-14-15-11(16)12(4-2)6-5-7-13-9-12/h10,13H,3-9H2,1-2H3. The van der Waals surface area contributed by atoms with Gasteiger partial charge in [0.2, 0.25) is 0 Å². The van der Waals surface area contributed by atoms with Crippen LogP contribution in [0.15, 0.2) is 6.33 Å². The summed E-state index contributed by atoms with van der Waals surface area (Å²) in [5.41, 5.74) is 0.212. The maximum absolute atomic E-state index is 4.37. The van der Waals surface area contributed by atoms with Crippen LogP contribution in [0.5, 0.6) is 0 Å². The molecule has 0 radical (unpaired) electrons. The highest BCUT2D eigenvalue weighted by Crippen LogP contribution is 2.33. The molecule has 1 saturated heterocycles. The minimum Gasteiger partial charge on any atom is -0.317 e. The van der Waals surface area contributed by atoms with E-state index in [9.17, 15) is 0 Å². The van der Waals surface area contributed by atoms with Crippen LogP contribution in [0.25, 0.3) is 0 Å². The molecule has 0 amide bonds. The van der Waals surface area contributed by atoms with Crippen LogP contribution in [0.2, 0.25) is 0 Å². The van der Waals surface area contributed by atoms with Gasteiger partial charge in [0.05, 0.1) is 0 Å².